The molecule has 1 aliphatic carbocycles. The van der Waals surface area contributed by atoms with Gasteiger partial charge in [0, 0.05) is 6.42 Å². The number of ketones is 1. The van der Waals surface area contributed by atoms with Crippen LogP contribution < -0.4 is 0 Å². The van der Waals surface area contributed by atoms with Crippen LogP contribution in [0, 0.1) is 0 Å². The fourth-order valence-electron chi connectivity index (χ4n) is 3.22. The van der Waals surface area contributed by atoms with E-state index in [0.29, 0.717) is 18.9 Å². The third kappa shape index (κ3) is 2.14. The predicted octanol–water partition coefficient (Wildman–Crippen LogP) is 3.07. The zero-order valence-corrected chi connectivity index (χ0v) is 10.0. The van der Waals surface area contributed by atoms with E-state index in [1.807, 2.05) is 0 Å². The van der Waals surface area contributed by atoms with E-state index in [4.69, 9.17) is 4.74 Å². The van der Waals surface area contributed by atoms with Gasteiger partial charge in [-0.25, -0.2) is 0 Å². The molecule has 0 amide bonds. The monoisotopic (exact) mass is 230 g/mol. The van der Waals surface area contributed by atoms with Gasteiger partial charge in [-0.3, -0.25) is 4.79 Å². The fraction of sp³-hybridized carbons (Fsp3) is 0.533. The van der Waals surface area contributed by atoms with Crippen LogP contribution in [0.25, 0.3) is 0 Å². The third-order valence-electron chi connectivity index (χ3n) is 4.23. The molecular formula is C15H18O2. The molecule has 0 N–H and O–H groups in total. The summed E-state index contributed by atoms with van der Waals surface area (Å²) in [5.74, 6) is 0.935. The minimum Gasteiger partial charge on any atom is -0.367 e. The minimum absolute atomic E-state index is 0.0949. The lowest BCUT2D eigenvalue weighted by atomic mass is 9.75. The second-order valence-corrected chi connectivity index (χ2v) is 5.37. The van der Waals surface area contributed by atoms with Gasteiger partial charge < -0.3 is 4.74 Å². The molecule has 0 atom stereocenters. The van der Waals surface area contributed by atoms with Crippen LogP contribution in [0.2, 0.25) is 0 Å². The maximum Gasteiger partial charge on any atom is 0.161 e. The Balaban J connectivity index is 1.67. The molecule has 90 valence electrons. The summed E-state index contributed by atoms with van der Waals surface area (Å²) < 4.78 is 5.73. The van der Waals surface area contributed by atoms with Gasteiger partial charge in [-0.15, -0.1) is 0 Å². The highest BCUT2D eigenvalue weighted by Crippen LogP contribution is 2.43. The lowest BCUT2D eigenvalue weighted by Gasteiger charge is -2.36. The van der Waals surface area contributed by atoms with Crippen LogP contribution in [0.5, 0.6) is 0 Å². The van der Waals surface area contributed by atoms with Crippen molar-refractivity contribution in [2.45, 2.75) is 43.6 Å². The smallest absolute Gasteiger partial charge is 0.161 e. The van der Waals surface area contributed by atoms with Crippen molar-refractivity contribution in [2.24, 2.45) is 0 Å². The third-order valence-corrected chi connectivity index (χ3v) is 4.23. The van der Waals surface area contributed by atoms with Gasteiger partial charge in [-0.05, 0) is 37.2 Å². The summed E-state index contributed by atoms with van der Waals surface area (Å²) in [6, 6.07) is 10.7. The predicted molar refractivity (Wildman–Crippen MR) is 66.0 cm³/mol. The quantitative estimate of drug-likeness (QED) is 0.741. The molecule has 3 rings (SSSR count). The first-order chi connectivity index (χ1) is 8.27. The number of benzene rings is 1. The van der Waals surface area contributed by atoms with Gasteiger partial charge in [0.25, 0.3) is 0 Å². The van der Waals surface area contributed by atoms with Gasteiger partial charge in [0.15, 0.2) is 5.78 Å². The van der Waals surface area contributed by atoms with E-state index in [2.05, 4.69) is 30.3 Å². The summed E-state index contributed by atoms with van der Waals surface area (Å²) in [6.07, 6.45) is 5.03. The van der Waals surface area contributed by atoms with Crippen molar-refractivity contribution in [1.29, 1.82) is 0 Å². The second-order valence-electron chi connectivity index (χ2n) is 5.37. The van der Waals surface area contributed by atoms with Crippen LogP contribution in [0.3, 0.4) is 0 Å². The van der Waals surface area contributed by atoms with Crippen LogP contribution in [-0.4, -0.2) is 18.0 Å². The molecule has 1 heterocycles. The van der Waals surface area contributed by atoms with E-state index in [1.54, 1.807) is 0 Å². The molecule has 0 bridgehead atoms. The maximum absolute atomic E-state index is 11.3. The summed E-state index contributed by atoms with van der Waals surface area (Å²) in [5, 5.41) is 0. The van der Waals surface area contributed by atoms with Gasteiger partial charge in [0.05, 0.1) is 5.60 Å². The summed E-state index contributed by atoms with van der Waals surface area (Å²) in [7, 11) is 0. The number of ether oxygens (including phenoxy) is 1. The van der Waals surface area contributed by atoms with E-state index >= 15 is 0 Å². The van der Waals surface area contributed by atoms with Gasteiger partial charge in [0.1, 0.15) is 6.61 Å². The molecule has 2 nitrogen and oxygen atoms in total. The van der Waals surface area contributed by atoms with Crippen molar-refractivity contribution in [3.8, 4) is 0 Å². The number of carbonyl (C=O) groups is 1. The molecule has 2 heteroatoms. The Morgan fingerprint density at radius 2 is 1.82 bits per heavy atom. The van der Waals surface area contributed by atoms with Crippen LogP contribution >= 0.6 is 0 Å². The van der Waals surface area contributed by atoms with Crippen molar-refractivity contribution < 1.29 is 9.53 Å². The molecule has 2 fully saturated rings. The van der Waals surface area contributed by atoms with Gasteiger partial charge in [0.2, 0.25) is 0 Å². The van der Waals surface area contributed by atoms with Crippen molar-refractivity contribution in [2.75, 3.05) is 6.61 Å². The van der Waals surface area contributed by atoms with Gasteiger partial charge >= 0.3 is 0 Å². The van der Waals surface area contributed by atoms with Crippen molar-refractivity contribution in [1.82, 2.24) is 0 Å². The molecule has 1 aliphatic heterocycles. The summed E-state index contributed by atoms with van der Waals surface area (Å²) >= 11 is 0. The maximum atomic E-state index is 11.3. The SMILES string of the molecule is O=C1COC2(CCC(c3ccccc3)CC2)C1. The Morgan fingerprint density at radius 1 is 1.12 bits per heavy atom. The van der Waals surface area contributed by atoms with Crippen molar-refractivity contribution in [3.05, 3.63) is 35.9 Å². The van der Waals surface area contributed by atoms with E-state index in [9.17, 15) is 4.79 Å². The largest absolute Gasteiger partial charge is 0.367 e. The van der Waals surface area contributed by atoms with E-state index < -0.39 is 0 Å². The number of Topliss-reactive ketones (excluding diaryl/α,β-unsaturated/α-hetero) is 1. The highest BCUT2D eigenvalue weighted by Gasteiger charge is 2.42. The highest BCUT2D eigenvalue weighted by atomic mass is 16.5. The van der Waals surface area contributed by atoms with Crippen molar-refractivity contribution >= 4 is 5.78 Å². The number of hydrogen-bond acceptors (Lipinski definition) is 2. The first-order valence-corrected chi connectivity index (χ1v) is 6.48. The molecule has 0 radical (unpaired) electrons. The van der Waals surface area contributed by atoms with Crippen LogP contribution in [0.1, 0.15) is 43.6 Å². The first-order valence-electron chi connectivity index (χ1n) is 6.48. The Kier molecular flexibility index (Phi) is 2.75. The molecule has 1 spiro atoms. The van der Waals surface area contributed by atoms with Crippen LogP contribution in [0.4, 0.5) is 0 Å². The Labute approximate surface area is 102 Å². The number of carbonyl (C=O) groups excluding carboxylic acids is 1. The summed E-state index contributed by atoms with van der Waals surface area (Å²) in [4.78, 5) is 11.3. The molecule has 1 saturated carbocycles. The molecule has 17 heavy (non-hydrogen) atoms. The Hall–Kier alpha value is -1.15. The minimum atomic E-state index is -0.0949. The zero-order chi connectivity index (χ0) is 11.7. The molecule has 2 aliphatic rings. The Morgan fingerprint density at radius 3 is 2.41 bits per heavy atom. The fourth-order valence-corrected chi connectivity index (χ4v) is 3.22. The van der Waals surface area contributed by atoms with E-state index in [-0.39, 0.29) is 11.4 Å². The van der Waals surface area contributed by atoms with E-state index in [0.717, 1.165) is 25.7 Å². The standard InChI is InChI=1S/C15H18O2/c16-14-10-15(17-11-14)8-6-13(7-9-15)12-4-2-1-3-5-12/h1-5,13H,6-11H2. The summed E-state index contributed by atoms with van der Waals surface area (Å²) in [5.41, 5.74) is 1.34. The number of hydrogen-bond donors (Lipinski definition) is 0. The van der Waals surface area contributed by atoms with E-state index in [1.165, 1.54) is 5.56 Å². The van der Waals surface area contributed by atoms with Crippen LogP contribution in [0.15, 0.2) is 30.3 Å². The van der Waals surface area contributed by atoms with Gasteiger partial charge in [-0.2, -0.15) is 0 Å². The summed E-state index contributed by atoms with van der Waals surface area (Å²) in [6.45, 7) is 0.343. The van der Waals surface area contributed by atoms with Crippen LogP contribution in [-0.2, 0) is 9.53 Å². The second kappa shape index (κ2) is 4.26. The first kappa shape index (κ1) is 11.0. The Bertz CT molecular complexity index is 402. The zero-order valence-electron chi connectivity index (χ0n) is 10.0. The topological polar surface area (TPSA) is 26.3 Å². The lowest BCUT2D eigenvalue weighted by molar-refractivity contribution is -0.117. The molecule has 1 aromatic carbocycles. The molecule has 0 aromatic heterocycles. The average Bonchev–Trinajstić information content (AvgIpc) is 2.73. The highest BCUT2D eigenvalue weighted by molar-refractivity contribution is 5.82. The average molecular weight is 230 g/mol. The van der Waals surface area contributed by atoms with Gasteiger partial charge in [-0.1, -0.05) is 30.3 Å². The van der Waals surface area contributed by atoms with Crippen molar-refractivity contribution in [3.63, 3.8) is 0 Å². The molecular weight excluding hydrogens is 212 g/mol. The molecule has 1 saturated heterocycles. The molecule has 0 unspecified atom stereocenters. The molecule has 1 aromatic rings. The normalized spacial score (nSPS) is 33.2. The lowest BCUT2D eigenvalue weighted by Crippen LogP contribution is -2.33. The number of rotatable bonds is 1.